The molecule has 3 aromatic rings. The van der Waals surface area contributed by atoms with Gasteiger partial charge in [-0.3, -0.25) is 35.1 Å². The van der Waals surface area contributed by atoms with Crippen LogP contribution >= 0.6 is 0 Å². The number of carbonyl (C=O) groups is 2. The topological polar surface area (TPSA) is 227 Å². The maximum atomic E-state index is 13.2. The average Bonchev–Trinajstić information content (AvgIpc) is 3.46. The van der Waals surface area contributed by atoms with Gasteiger partial charge < -0.3 is 14.4 Å². The molecule has 3 aromatic heterocycles. The fraction of sp³-hybridized carbons (Fsp3) is 0.606. The fourth-order valence-electron chi connectivity index (χ4n) is 6.10. The maximum Gasteiger partial charge on any atom is 0.416 e. The number of nitrogens with one attached hydrogen (secondary N) is 1. The molecule has 2 amide bonds. The first kappa shape index (κ1) is 39.5. The Bertz CT molecular complexity index is 1820. The summed E-state index contributed by atoms with van der Waals surface area (Å²) < 4.78 is 12.6. The van der Waals surface area contributed by atoms with Crippen LogP contribution in [-0.4, -0.2) is 87.5 Å². The SMILES string of the molecule is Cc1nc(C)c([N+](=O)[O-])c(N(Cc2cnn(C3CN4CCC3CC4)c2)C(=O)OC(C)(C)C)n1.Cc1nc(C)c([N+](=O)[O-])c(NC(=O)OC(C)(C)C)n1. The van der Waals surface area contributed by atoms with E-state index in [-0.39, 0.29) is 40.9 Å². The number of nitrogens with zero attached hydrogens (tertiary/aromatic N) is 10. The van der Waals surface area contributed by atoms with E-state index in [0.717, 1.165) is 38.0 Å². The van der Waals surface area contributed by atoms with Crippen LogP contribution in [0.5, 0.6) is 0 Å². The number of aryl methyl sites for hydroxylation is 4. The minimum absolute atomic E-state index is 0.0484. The number of amides is 2. The van der Waals surface area contributed by atoms with Crippen molar-refractivity contribution in [3.05, 3.63) is 61.2 Å². The molecular weight excluding hydrogens is 678 g/mol. The highest BCUT2D eigenvalue weighted by atomic mass is 16.6. The second kappa shape index (κ2) is 15.5. The van der Waals surface area contributed by atoms with Crippen LogP contribution in [-0.2, 0) is 16.0 Å². The molecule has 52 heavy (non-hydrogen) atoms. The molecule has 6 heterocycles. The molecular formula is C33H47N11O8. The molecule has 6 rings (SSSR count). The molecule has 3 saturated heterocycles. The molecule has 3 fully saturated rings. The minimum Gasteiger partial charge on any atom is -0.444 e. The van der Waals surface area contributed by atoms with Crippen molar-refractivity contribution in [2.75, 3.05) is 29.9 Å². The van der Waals surface area contributed by atoms with E-state index in [2.05, 4.69) is 35.3 Å². The summed E-state index contributed by atoms with van der Waals surface area (Å²) in [6, 6.07) is 0.300. The van der Waals surface area contributed by atoms with E-state index in [4.69, 9.17) is 9.47 Å². The van der Waals surface area contributed by atoms with Gasteiger partial charge in [-0.25, -0.2) is 29.5 Å². The van der Waals surface area contributed by atoms with Gasteiger partial charge in [0.05, 0.1) is 28.6 Å². The number of ether oxygens (including phenoxy) is 2. The highest BCUT2D eigenvalue weighted by Crippen LogP contribution is 2.36. The number of hydrogen-bond acceptors (Lipinski definition) is 14. The van der Waals surface area contributed by atoms with Gasteiger partial charge in [-0.05, 0) is 101 Å². The second-order valence-electron chi connectivity index (χ2n) is 14.8. The van der Waals surface area contributed by atoms with Gasteiger partial charge in [-0.1, -0.05) is 0 Å². The number of nitro groups is 2. The van der Waals surface area contributed by atoms with Crippen molar-refractivity contribution < 1.29 is 28.9 Å². The van der Waals surface area contributed by atoms with Crippen LogP contribution < -0.4 is 10.2 Å². The first-order valence-electron chi connectivity index (χ1n) is 16.9. The van der Waals surface area contributed by atoms with Gasteiger partial charge >= 0.3 is 23.6 Å². The van der Waals surface area contributed by atoms with Crippen LogP contribution in [0.25, 0.3) is 0 Å². The molecule has 282 valence electrons. The Kier molecular flexibility index (Phi) is 11.8. The first-order valence-corrected chi connectivity index (χ1v) is 16.9. The molecule has 3 aliphatic heterocycles. The molecule has 19 nitrogen and oxygen atoms in total. The van der Waals surface area contributed by atoms with Crippen LogP contribution in [0.1, 0.15) is 89.0 Å². The van der Waals surface area contributed by atoms with Gasteiger partial charge in [-0.15, -0.1) is 0 Å². The normalized spacial score (nSPS) is 18.2. The van der Waals surface area contributed by atoms with Crippen molar-refractivity contribution in [1.82, 2.24) is 34.6 Å². The number of aromatic nitrogens is 6. The Morgan fingerprint density at radius 1 is 0.885 bits per heavy atom. The lowest BCUT2D eigenvalue weighted by Crippen LogP contribution is -2.48. The summed E-state index contributed by atoms with van der Waals surface area (Å²) in [4.78, 5) is 66.2. The maximum absolute atomic E-state index is 13.2. The molecule has 0 aromatic carbocycles. The van der Waals surface area contributed by atoms with Crippen molar-refractivity contribution in [3.63, 3.8) is 0 Å². The number of carbonyl (C=O) groups excluding carboxylic acids is 2. The molecule has 0 spiro atoms. The Labute approximate surface area is 301 Å². The van der Waals surface area contributed by atoms with Crippen LogP contribution in [0.15, 0.2) is 12.4 Å². The molecule has 3 aliphatic rings. The third-order valence-corrected chi connectivity index (χ3v) is 8.13. The summed E-state index contributed by atoms with van der Waals surface area (Å²) in [6.45, 7) is 19.8. The molecule has 19 heteroatoms. The summed E-state index contributed by atoms with van der Waals surface area (Å²) in [6.07, 6.45) is 4.45. The van der Waals surface area contributed by atoms with Crippen molar-refractivity contribution in [2.24, 2.45) is 5.92 Å². The summed E-state index contributed by atoms with van der Waals surface area (Å²) in [5.74, 6) is 1.02. The highest BCUT2D eigenvalue weighted by Gasteiger charge is 2.37. The Hall–Kier alpha value is -5.33. The molecule has 0 radical (unpaired) electrons. The molecule has 0 aliphatic carbocycles. The zero-order valence-corrected chi connectivity index (χ0v) is 31.3. The lowest BCUT2D eigenvalue weighted by atomic mass is 9.84. The molecule has 1 N–H and O–H groups in total. The van der Waals surface area contributed by atoms with Gasteiger partial charge in [-0.2, -0.15) is 5.10 Å². The van der Waals surface area contributed by atoms with Gasteiger partial charge in [0.2, 0.25) is 11.6 Å². The second-order valence-corrected chi connectivity index (χ2v) is 14.8. The standard InChI is InChI=1S/C22H31N7O4.C11H16N4O4/c1-14-19(29(31)32)20(25-15(2)24-14)27(21(30)33-22(3,4)5)11-16-10-23-28(12-16)18-13-26-8-6-17(18)7-9-26;1-6-8(15(17)18)9(13-7(2)12-6)14-10(16)19-11(3,4)5/h10,12,17-18H,6-9,11,13H2,1-5H3;1-5H3,(H,12,13,14,16). The number of rotatable bonds is 7. The number of fused-ring (bicyclic) bond motifs is 3. The van der Waals surface area contributed by atoms with Gasteiger partial charge in [0.25, 0.3) is 0 Å². The third-order valence-electron chi connectivity index (χ3n) is 8.13. The first-order chi connectivity index (χ1) is 24.1. The quantitative estimate of drug-likeness (QED) is 0.226. The highest BCUT2D eigenvalue weighted by molar-refractivity contribution is 5.89. The summed E-state index contributed by atoms with van der Waals surface area (Å²) in [5.41, 5.74) is -0.993. The predicted molar refractivity (Wildman–Crippen MR) is 189 cm³/mol. The molecule has 2 bridgehead atoms. The zero-order chi connectivity index (χ0) is 38.7. The number of piperidine rings is 3. The van der Waals surface area contributed by atoms with Crippen LogP contribution in [0, 0.1) is 53.8 Å². The van der Waals surface area contributed by atoms with Crippen molar-refractivity contribution in [1.29, 1.82) is 0 Å². The number of anilines is 2. The van der Waals surface area contributed by atoms with E-state index in [0.29, 0.717) is 23.6 Å². The Balaban J connectivity index is 0.000000272. The zero-order valence-electron chi connectivity index (χ0n) is 31.3. The van der Waals surface area contributed by atoms with E-state index in [1.807, 2.05) is 10.9 Å². The lowest BCUT2D eigenvalue weighted by Gasteiger charge is -2.44. The van der Waals surface area contributed by atoms with Gasteiger partial charge in [0.15, 0.2) is 0 Å². The minimum atomic E-state index is -0.798. The van der Waals surface area contributed by atoms with Crippen LogP contribution in [0.4, 0.5) is 32.6 Å². The van der Waals surface area contributed by atoms with Gasteiger partial charge in [0, 0.05) is 18.3 Å². The average molecular weight is 726 g/mol. The van der Waals surface area contributed by atoms with Crippen molar-refractivity contribution in [2.45, 2.75) is 106 Å². The Morgan fingerprint density at radius 2 is 1.44 bits per heavy atom. The summed E-state index contributed by atoms with van der Waals surface area (Å²) in [7, 11) is 0. The van der Waals surface area contributed by atoms with E-state index < -0.39 is 33.2 Å². The third kappa shape index (κ3) is 10.1. The van der Waals surface area contributed by atoms with Crippen molar-refractivity contribution >= 4 is 35.2 Å². The van der Waals surface area contributed by atoms with E-state index in [1.165, 1.54) is 18.7 Å². The van der Waals surface area contributed by atoms with Crippen LogP contribution in [0.2, 0.25) is 0 Å². The van der Waals surface area contributed by atoms with Crippen molar-refractivity contribution in [3.8, 4) is 0 Å². The van der Waals surface area contributed by atoms with E-state index in [9.17, 15) is 29.8 Å². The monoisotopic (exact) mass is 725 g/mol. The summed E-state index contributed by atoms with van der Waals surface area (Å²) >= 11 is 0. The van der Waals surface area contributed by atoms with Gasteiger partial charge in [0.1, 0.15) is 34.2 Å². The fourth-order valence-corrected chi connectivity index (χ4v) is 6.10. The smallest absolute Gasteiger partial charge is 0.416 e. The lowest BCUT2D eigenvalue weighted by molar-refractivity contribution is -0.385. The van der Waals surface area contributed by atoms with E-state index >= 15 is 0 Å². The largest absolute Gasteiger partial charge is 0.444 e. The van der Waals surface area contributed by atoms with E-state index in [1.54, 1.807) is 61.6 Å². The Morgan fingerprint density at radius 3 is 1.96 bits per heavy atom. The molecule has 1 unspecified atom stereocenters. The predicted octanol–water partition coefficient (Wildman–Crippen LogP) is 5.76. The molecule has 0 saturated carbocycles. The molecule has 1 atom stereocenters. The summed E-state index contributed by atoms with van der Waals surface area (Å²) in [5, 5.41) is 29.6. The number of hydrogen-bond donors (Lipinski definition) is 1. The van der Waals surface area contributed by atoms with Crippen LogP contribution in [0.3, 0.4) is 0 Å².